The second kappa shape index (κ2) is 4.87. The van der Waals surface area contributed by atoms with E-state index in [1.54, 1.807) is 18.4 Å². The average Bonchev–Trinajstić information content (AvgIpc) is 2.47. The van der Waals surface area contributed by atoms with Crippen molar-refractivity contribution >= 4 is 11.3 Å². The number of aromatic nitrogens is 1. The van der Waals surface area contributed by atoms with Crippen LogP contribution in [-0.4, -0.2) is 29.4 Å². The standard InChI is InChI=1S/C10H17NO2S/c1-8-7-14-9(11-8)6-10(2,12)4-5-13-3/h7,12H,4-6H2,1-3H3. The first-order chi connectivity index (χ1) is 6.53. The highest BCUT2D eigenvalue weighted by atomic mass is 32.1. The zero-order chi connectivity index (χ0) is 10.6. The summed E-state index contributed by atoms with van der Waals surface area (Å²) in [5.74, 6) is 0. The molecule has 80 valence electrons. The molecule has 0 bridgehead atoms. The zero-order valence-corrected chi connectivity index (χ0v) is 9.73. The summed E-state index contributed by atoms with van der Waals surface area (Å²) in [6, 6.07) is 0. The molecule has 0 aromatic carbocycles. The summed E-state index contributed by atoms with van der Waals surface area (Å²) in [6.45, 7) is 4.37. The molecule has 1 rings (SSSR count). The Kier molecular flexibility index (Phi) is 4.04. The van der Waals surface area contributed by atoms with Crippen molar-refractivity contribution in [1.82, 2.24) is 4.98 Å². The molecule has 0 fully saturated rings. The highest BCUT2D eigenvalue weighted by Gasteiger charge is 2.21. The van der Waals surface area contributed by atoms with Gasteiger partial charge in [0.2, 0.25) is 0 Å². The quantitative estimate of drug-likeness (QED) is 0.814. The summed E-state index contributed by atoms with van der Waals surface area (Å²) in [6.07, 6.45) is 1.25. The van der Waals surface area contributed by atoms with E-state index in [0.29, 0.717) is 19.4 Å². The van der Waals surface area contributed by atoms with Gasteiger partial charge in [-0.25, -0.2) is 4.98 Å². The van der Waals surface area contributed by atoms with Gasteiger partial charge in [0, 0.05) is 31.2 Å². The first-order valence-corrected chi connectivity index (χ1v) is 5.54. The molecule has 4 heteroatoms. The van der Waals surface area contributed by atoms with E-state index >= 15 is 0 Å². The summed E-state index contributed by atoms with van der Waals surface area (Å²) >= 11 is 1.60. The Hall–Kier alpha value is -0.450. The van der Waals surface area contributed by atoms with Gasteiger partial charge in [-0.15, -0.1) is 11.3 Å². The summed E-state index contributed by atoms with van der Waals surface area (Å²) in [7, 11) is 1.64. The predicted molar refractivity (Wildman–Crippen MR) is 57.7 cm³/mol. The van der Waals surface area contributed by atoms with Gasteiger partial charge >= 0.3 is 0 Å². The molecular formula is C10H17NO2S. The Labute approximate surface area is 88.8 Å². The molecule has 0 aliphatic carbocycles. The number of aliphatic hydroxyl groups is 1. The fourth-order valence-electron chi connectivity index (χ4n) is 1.22. The van der Waals surface area contributed by atoms with Crippen molar-refractivity contribution in [2.24, 2.45) is 0 Å². The highest BCUT2D eigenvalue weighted by molar-refractivity contribution is 7.09. The number of aryl methyl sites for hydroxylation is 1. The average molecular weight is 215 g/mol. The molecule has 1 atom stereocenters. The Bertz CT molecular complexity index is 283. The Morgan fingerprint density at radius 1 is 1.64 bits per heavy atom. The van der Waals surface area contributed by atoms with Crippen LogP contribution < -0.4 is 0 Å². The minimum Gasteiger partial charge on any atom is -0.390 e. The second-order valence-corrected chi connectivity index (χ2v) is 4.74. The molecule has 0 saturated heterocycles. The molecule has 3 nitrogen and oxygen atoms in total. The van der Waals surface area contributed by atoms with Gasteiger partial charge in [-0.1, -0.05) is 0 Å². The first kappa shape index (κ1) is 11.6. The van der Waals surface area contributed by atoms with E-state index in [2.05, 4.69) is 4.98 Å². The molecule has 0 aliphatic rings. The predicted octanol–water partition coefficient (Wildman–Crippen LogP) is 1.78. The van der Waals surface area contributed by atoms with Crippen molar-refractivity contribution in [2.45, 2.75) is 32.3 Å². The van der Waals surface area contributed by atoms with Gasteiger partial charge in [0.25, 0.3) is 0 Å². The van der Waals surface area contributed by atoms with Crippen LogP contribution in [0.3, 0.4) is 0 Å². The van der Waals surface area contributed by atoms with Crippen molar-refractivity contribution in [3.05, 3.63) is 16.1 Å². The van der Waals surface area contributed by atoms with Gasteiger partial charge in [0.1, 0.15) is 0 Å². The fourth-order valence-corrected chi connectivity index (χ4v) is 2.17. The summed E-state index contributed by atoms with van der Waals surface area (Å²) < 4.78 is 4.94. The molecule has 0 amide bonds. The van der Waals surface area contributed by atoms with E-state index in [1.165, 1.54) is 0 Å². The van der Waals surface area contributed by atoms with Crippen LogP contribution in [0.2, 0.25) is 0 Å². The molecule has 1 aromatic heterocycles. The van der Waals surface area contributed by atoms with Crippen LogP contribution in [0.4, 0.5) is 0 Å². The van der Waals surface area contributed by atoms with Crippen LogP contribution >= 0.6 is 11.3 Å². The molecule has 1 heterocycles. The lowest BCUT2D eigenvalue weighted by molar-refractivity contribution is 0.0249. The second-order valence-electron chi connectivity index (χ2n) is 3.80. The maximum Gasteiger partial charge on any atom is 0.0956 e. The molecule has 0 saturated carbocycles. The molecule has 0 spiro atoms. The van der Waals surface area contributed by atoms with Gasteiger partial charge in [-0.3, -0.25) is 0 Å². The van der Waals surface area contributed by atoms with Crippen molar-refractivity contribution < 1.29 is 9.84 Å². The SMILES string of the molecule is COCCC(C)(O)Cc1nc(C)cs1. The molecule has 0 radical (unpaired) electrons. The number of methoxy groups -OCH3 is 1. The van der Waals surface area contributed by atoms with E-state index in [-0.39, 0.29) is 0 Å². The van der Waals surface area contributed by atoms with Gasteiger partial charge in [-0.2, -0.15) is 0 Å². The summed E-state index contributed by atoms with van der Waals surface area (Å²) in [5, 5.41) is 13.0. The van der Waals surface area contributed by atoms with E-state index in [0.717, 1.165) is 10.7 Å². The van der Waals surface area contributed by atoms with Crippen LogP contribution in [0, 0.1) is 6.92 Å². The molecular weight excluding hydrogens is 198 g/mol. The third kappa shape index (κ3) is 3.74. The topological polar surface area (TPSA) is 42.4 Å². The smallest absolute Gasteiger partial charge is 0.0956 e. The number of rotatable bonds is 5. The van der Waals surface area contributed by atoms with Crippen LogP contribution in [0.1, 0.15) is 24.0 Å². The summed E-state index contributed by atoms with van der Waals surface area (Å²) in [4.78, 5) is 4.32. The molecule has 14 heavy (non-hydrogen) atoms. The maximum atomic E-state index is 9.99. The zero-order valence-electron chi connectivity index (χ0n) is 8.91. The molecule has 1 unspecified atom stereocenters. The lowest BCUT2D eigenvalue weighted by atomic mass is 9.99. The molecule has 1 N–H and O–H groups in total. The lowest BCUT2D eigenvalue weighted by Gasteiger charge is -2.21. The van der Waals surface area contributed by atoms with Gasteiger partial charge in [0.15, 0.2) is 0 Å². The van der Waals surface area contributed by atoms with Crippen LogP contribution in [0.15, 0.2) is 5.38 Å². The number of thiazole rings is 1. The number of hydrogen-bond donors (Lipinski definition) is 1. The molecule has 0 aliphatic heterocycles. The van der Waals surface area contributed by atoms with Gasteiger partial charge < -0.3 is 9.84 Å². The minimum atomic E-state index is -0.708. The van der Waals surface area contributed by atoms with Crippen LogP contribution in [0.25, 0.3) is 0 Å². The summed E-state index contributed by atoms with van der Waals surface area (Å²) in [5.41, 5.74) is 0.313. The van der Waals surface area contributed by atoms with Gasteiger partial charge in [0.05, 0.1) is 10.6 Å². The van der Waals surface area contributed by atoms with Crippen molar-refractivity contribution in [1.29, 1.82) is 0 Å². The third-order valence-corrected chi connectivity index (χ3v) is 3.01. The monoisotopic (exact) mass is 215 g/mol. The van der Waals surface area contributed by atoms with E-state index in [1.807, 2.05) is 19.2 Å². The largest absolute Gasteiger partial charge is 0.390 e. The normalized spacial score (nSPS) is 15.4. The Morgan fingerprint density at radius 3 is 2.86 bits per heavy atom. The maximum absolute atomic E-state index is 9.99. The number of nitrogens with zero attached hydrogens (tertiary/aromatic N) is 1. The van der Waals surface area contributed by atoms with Crippen molar-refractivity contribution in [3.63, 3.8) is 0 Å². The third-order valence-electron chi connectivity index (χ3n) is 2.04. The van der Waals surface area contributed by atoms with Crippen molar-refractivity contribution in [2.75, 3.05) is 13.7 Å². The first-order valence-electron chi connectivity index (χ1n) is 4.66. The van der Waals surface area contributed by atoms with E-state index < -0.39 is 5.60 Å². The van der Waals surface area contributed by atoms with Crippen LogP contribution in [-0.2, 0) is 11.2 Å². The number of hydrogen-bond acceptors (Lipinski definition) is 4. The van der Waals surface area contributed by atoms with Gasteiger partial charge in [-0.05, 0) is 20.3 Å². The highest BCUT2D eigenvalue weighted by Crippen LogP contribution is 2.19. The van der Waals surface area contributed by atoms with E-state index in [4.69, 9.17) is 4.74 Å². The molecule has 1 aromatic rings. The van der Waals surface area contributed by atoms with E-state index in [9.17, 15) is 5.11 Å². The van der Waals surface area contributed by atoms with Crippen LogP contribution in [0.5, 0.6) is 0 Å². The minimum absolute atomic E-state index is 0.581. The number of ether oxygens (including phenoxy) is 1. The van der Waals surface area contributed by atoms with Crippen molar-refractivity contribution in [3.8, 4) is 0 Å². The lowest BCUT2D eigenvalue weighted by Crippen LogP contribution is -2.28. The Balaban J connectivity index is 2.49. The Morgan fingerprint density at radius 2 is 2.36 bits per heavy atom. The fraction of sp³-hybridized carbons (Fsp3) is 0.700.